The molecule has 4 aliphatic rings. The maximum Gasteiger partial charge on any atom is 0.186 e. The van der Waals surface area contributed by atoms with E-state index in [4.69, 9.17) is 20.2 Å². The van der Waals surface area contributed by atoms with Crippen molar-refractivity contribution < 1.29 is 4.52 Å². The highest BCUT2D eigenvalue weighted by molar-refractivity contribution is 7.16. The lowest BCUT2D eigenvalue weighted by Gasteiger charge is -2.39. The molecule has 0 aromatic carbocycles. The number of likely N-dealkylation sites (tertiary alicyclic amines) is 1. The quantitative estimate of drug-likeness (QED) is 0.345. The smallest absolute Gasteiger partial charge is 0.186 e. The van der Waals surface area contributed by atoms with E-state index in [0.717, 1.165) is 79.8 Å². The standard InChI is InChI=1S/C31H33N11OS/c1-17(22-7-5-11-40(22)2)42-30-21(15-36-42)29(41-16-18(12-32)14-35-41)37-28(38-30)25-19-6-3-9-31(26(19)43-39-25)10-4-8-23-24(31)20(13-33)27(34)44-23/h14,16-17,22,36H,3-11,15,34H2,1-2H3/t17-,22-,31-/m0/s1. The zero-order valence-electron chi connectivity index (χ0n) is 24.8. The van der Waals surface area contributed by atoms with Crippen LogP contribution in [0.25, 0.3) is 17.3 Å². The molecule has 4 aromatic heterocycles. The van der Waals surface area contributed by atoms with E-state index in [1.807, 2.05) is 0 Å². The number of nitrogens with one attached hydrogen (secondary N) is 1. The number of hydrazine groups is 1. The molecule has 2 aliphatic heterocycles. The van der Waals surface area contributed by atoms with Gasteiger partial charge in [0.2, 0.25) is 0 Å². The van der Waals surface area contributed by atoms with Gasteiger partial charge >= 0.3 is 0 Å². The largest absolute Gasteiger partial charge is 0.389 e. The van der Waals surface area contributed by atoms with Crippen LogP contribution < -0.4 is 16.2 Å². The molecule has 1 spiro atoms. The Morgan fingerprint density at radius 2 is 1.95 bits per heavy atom. The zero-order valence-corrected chi connectivity index (χ0v) is 25.6. The molecule has 12 nitrogen and oxygen atoms in total. The van der Waals surface area contributed by atoms with Crippen LogP contribution in [0, 0.1) is 22.7 Å². The van der Waals surface area contributed by atoms with E-state index in [1.165, 1.54) is 22.6 Å². The van der Waals surface area contributed by atoms with Crippen molar-refractivity contribution in [1.29, 1.82) is 10.5 Å². The van der Waals surface area contributed by atoms with Gasteiger partial charge < -0.3 is 15.2 Å². The molecule has 0 amide bonds. The fourth-order valence-electron chi connectivity index (χ4n) is 8.12. The third-order valence-electron chi connectivity index (χ3n) is 10.2. The van der Waals surface area contributed by atoms with Gasteiger partial charge in [0.15, 0.2) is 28.9 Å². The zero-order chi connectivity index (χ0) is 30.2. The van der Waals surface area contributed by atoms with Crippen LogP contribution in [0.15, 0.2) is 16.9 Å². The van der Waals surface area contributed by atoms with Gasteiger partial charge in [-0.15, -0.1) is 11.3 Å². The summed E-state index contributed by atoms with van der Waals surface area (Å²) >= 11 is 1.54. The number of aromatic nitrogens is 5. The molecule has 2 aliphatic carbocycles. The maximum absolute atomic E-state index is 10.1. The Balaban J connectivity index is 1.28. The highest BCUT2D eigenvalue weighted by atomic mass is 32.1. The molecule has 0 radical (unpaired) electrons. The Morgan fingerprint density at radius 1 is 1.14 bits per heavy atom. The van der Waals surface area contributed by atoms with Gasteiger partial charge in [0.1, 0.15) is 17.1 Å². The molecule has 224 valence electrons. The van der Waals surface area contributed by atoms with Gasteiger partial charge in [-0.25, -0.2) is 20.1 Å². The van der Waals surface area contributed by atoms with Crippen molar-refractivity contribution >= 4 is 22.2 Å². The van der Waals surface area contributed by atoms with Gasteiger partial charge in [0.25, 0.3) is 0 Å². The van der Waals surface area contributed by atoms with Crippen LogP contribution in [-0.4, -0.2) is 55.5 Å². The first-order valence-corrected chi connectivity index (χ1v) is 16.2. The average molecular weight is 608 g/mol. The second-order valence-corrected chi connectivity index (χ2v) is 13.6. The summed E-state index contributed by atoms with van der Waals surface area (Å²) in [6.45, 7) is 3.87. The lowest BCUT2D eigenvalue weighted by Crippen LogP contribution is -2.50. The number of rotatable bonds is 4. The lowest BCUT2D eigenvalue weighted by molar-refractivity contribution is 0.264. The summed E-state index contributed by atoms with van der Waals surface area (Å²) in [4.78, 5) is 13.8. The summed E-state index contributed by atoms with van der Waals surface area (Å²) < 4.78 is 7.94. The molecule has 0 unspecified atom stereocenters. The Labute approximate surface area is 259 Å². The molecule has 3 atom stereocenters. The van der Waals surface area contributed by atoms with E-state index in [9.17, 15) is 10.5 Å². The molecule has 0 saturated carbocycles. The van der Waals surface area contributed by atoms with E-state index in [-0.39, 0.29) is 6.04 Å². The van der Waals surface area contributed by atoms with Crippen molar-refractivity contribution in [2.45, 2.75) is 82.3 Å². The molecule has 44 heavy (non-hydrogen) atoms. The van der Waals surface area contributed by atoms with Crippen molar-refractivity contribution in [2.24, 2.45) is 0 Å². The highest BCUT2D eigenvalue weighted by Gasteiger charge is 2.49. The summed E-state index contributed by atoms with van der Waals surface area (Å²) in [6.07, 6.45) is 11.0. The number of nitriles is 2. The van der Waals surface area contributed by atoms with Gasteiger partial charge in [-0.2, -0.15) is 15.6 Å². The molecule has 4 aromatic rings. The SMILES string of the molecule is C[C@@H]([C@@H]1CCCN1C)N1NCc2c1nc(-c1noc3c1CCC[C@@]31CCCc3sc(N)c(C#N)c31)nc2-n1cc(C#N)cn1. The molecule has 1 fully saturated rings. The summed E-state index contributed by atoms with van der Waals surface area (Å²) in [5, 5.41) is 31.5. The van der Waals surface area contributed by atoms with Crippen molar-refractivity contribution in [3.8, 4) is 29.5 Å². The number of hydrogen-bond acceptors (Lipinski definition) is 12. The molecular weight excluding hydrogens is 574 g/mol. The predicted molar refractivity (Wildman–Crippen MR) is 164 cm³/mol. The number of fused-ring (bicyclic) bond motifs is 5. The monoisotopic (exact) mass is 607 g/mol. The third kappa shape index (κ3) is 3.86. The number of aryl methyl sites for hydroxylation is 1. The molecule has 8 rings (SSSR count). The van der Waals surface area contributed by atoms with E-state index in [1.54, 1.807) is 17.1 Å². The van der Waals surface area contributed by atoms with Crippen LogP contribution in [0.3, 0.4) is 0 Å². The second kappa shape index (κ2) is 10.1. The summed E-state index contributed by atoms with van der Waals surface area (Å²) in [6, 6.07) is 5.12. The van der Waals surface area contributed by atoms with Gasteiger partial charge in [0, 0.05) is 23.0 Å². The normalized spacial score (nSPS) is 23.3. The summed E-state index contributed by atoms with van der Waals surface area (Å²) in [7, 11) is 2.18. The van der Waals surface area contributed by atoms with Gasteiger partial charge in [0.05, 0.1) is 40.5 Å². The number of anilines is 2. The predicted octanol–water partition coefficient (Wildman–Crippen LogP) is 3.97. The van der Waals surface area contributed by atoms with Gasteiger partial charge in [-0.05, 0) is 77.4 Å². The van der Waals surface area contributed by atoms with E-state index >= 15 is 0 Å². The van der Waals surface area contributed by atoms with Crippen LogP contribution in [0.1, 0.15) is 83.9 Å². The van der Waals surface area contributed by atoms with Crippen LogP contribution in [0.2, 0.25) is 0 Å². The minimum Gasteiger partial charge on any atom is -0.389 e. The van der Waals surface area contributed by atoms with Crippen LogP contribution in [0.5, 0.6) is 0 Å². The van der Waals surface area contributed by atoms with Crippen LogP contribution in [0.4, 0.5) is 10.8 Å². The van der Waals surface area contributed by atoms with Crippen LogP contribution >= 0.6 is 11.3 Å². The Morgan fingerprint density at radius 3 is 2.70 bits per heavy atom. The molecule has 13 heteroatoms. The number of likely N-dealkylation sites (N-methyl/N-ethyl adjacent to an activating group) is 1. The minimum atomic E-state index is -0.427. The van der Waals surface area contributed by atoms with Crippen molar-refractivity contribution in [3.05, 3.63) is 50.8 Å². The highest BCUT2D eigenvalue weighted by Crippen LogP contribution is 2.55. The molecule has 3 N–H and O–H groups in total. The molecular formula is C31H33N11OS. The number of thiophene rings is 1. The average Bonchev–Trinajstić information content (AvgIpc) is 3.86. The molecule has 6 heterocycles. The molecule has 0 bridgehead atoms. The fraction of sp³-hybridized carbons (Fsp3) is 0.484. The van der Waals surface area contributed by atoms with E-state index < -0.39 is 5.41 Å². The molecule has 1 saturated heterocycles. The summed E-state index contributed by atoms with van der Waals surface area (Å²) in [5.74, 6) is 2.71. The first-order chi connectivity index (χ1) is 21.4. The van der Waals surface area contributed by atoms with Crippen molar-refractivity contribution in [3.63, 3.8) is 0 Å². The number of nitrogens with zero attached hydrogens (tertiary/aromatic N) is 9. The van der Waals surface area contributed by atoms with Crippen molar-refractivity contribution in [2.75, 3.05) is 24.3 Å². The Hall–Kier alpha value is -4.30. The lowest BCUT2D eigenvalue weighted by atomic mass is 9.63. The first kappa shape index (κ1) is 27.3. The maximum atomic E-state index is 10.1. The summed E-state index contributed by atoms with van der Waals surface area (Å²) in [5.41, 5.74) is 14.1. The fourth-order valence-corrected chi connectivity index (χ4v) is 9.28. The van der Waals surface area contributed by atoms with Crippen molar-refractivity contribution in [1.82, 2.24) is 35.2 Å². The second-order valence-electron chi connectivity index (χ2n) is 12.5. The number of hydrogen-bond donors (Lipinski definition) is 2. The third-order valence-corrected chi connectivity index (χ3v) is 11.2. The number of nitrogen functional groups attached to an aromatic ring is 1. The Kier molecular flexibility index (Phi) is 6.27. The van der Waals surface area contributed by atoms with E-state index in [2.05, 4.69) is 51.7 Å². The van der Waals surface area contributed by atoms with Crippen LogP contribution in [-0.2, 0) is 24.8 Å². The first-order valence-electron chi connectivity index (χ1n) is 15.3. The van der Waals surface area contributed by atoms with Gasteiger partial charge in [-0.3, -0.25) is 5.01 Å². The van der Waals surface area contributed by atoms with E-state index in [0.29, 0.717) is 46.1 Å². The topological polar surface area (TPSA) is 162 Å². The number of nitrogens with two attached hydrogens (primary N) is 1. The Bertz CT molecular complexity index is 1870. The minimum absolute atomic E-state index is 0.162. The van der Waals surface area contributed by atoms with Gasteiger partial charge in [-0.1, -0.05) is 5.16 Å².